The van der Waals surface area contributed by atoms with E-state index in [0.717, 1.165) is 18.7 Å². The standard InChI is InChI=1S/C14H14N2/c1-2-6-12-10-13(9-11(12)5-1)16-14-7-3-4-8-15-14/h1-8,13H,9-10H2,(H,15,16). The molecule has 1 aliphatic rings. The van der Waals surface area contributed by atoms with Crippen LogP contribution in [0.1, 0.15) is 11.1 Å². The van der Waals surface area contributed by atoms with Gasteiger partial charge in [0.2, 0.25) is 0 Å². The van der Waals surface area contributed by atoms with E-state index in [2.05, 4.69) is 34.6 Å². The maximum Gasteiger partial charge on any atom is 0.126 e. The van der Waals surface area contributed by atoms with Crippen LogP contribution in [0.3, 0.4) is 0 Å². The lowest BCUT2D eigenvalue weighted by molar-refractivity contribution is 0.769. The Bertz CT molecular complexity index is 454. The van der Waals surface area contributed by atoms with Gasteiger partial charge in [0.25, 0.3) is 0 Å². The Hall–Kier alpha value is -1.83. The Labute approximate surface area is 95.3 Å². The van der Waals surface area contributed by atoms with Crippen LogP contribution in [0.15, 0.2) is 48.7 Å². The van der Waals surface area contributed by atoms with Gasteiger partial charge in [0.05, 0.1) is 0 Å². The van der Waals surface area contributed by atoms with Crippen molar-refractivity contribution in [3.05, 3.63) is 59.8 Å². The van der Waals surface area contributed by atoms with E-state index in [9.17, 15) is 0 Å². The third-order valence-electron chi connectivity index (χ3n) is 3.07. The number of hydrogen-bond acceptors (Lipinski definition) is 2. The molecule has 0 atom stereocenters. The first-order valence-electron chi connectivity index (χ1n) is 5.66. The molecule has 3 rings (SSSR count). The first-order chi connectivity index (χ1) is 7.92. The van der Waals surface area contributed by atoms with Crippen LogP contribution in [0.2, 0.25) is 0 Å². The second kappa shape index (κ2) is 3.97. The molecule has 80 valence electrons. The molecule has 2 nitrogen and oxygen atoms in total. The van der Waals surface area contributed by atoms with Gasteiger partial charge in [-0.3, -0.25) is 0 Å². The highest BCUT2D eigenvalue weighted by Crippen LogP contribution is 2.23. The van der Waals surface area contributed by atoms with E-state index in [1.807, 2.05) is 24.4 Å². The Morgan fingerprint density at radius 3 is 2.25 bits per heavy atom. The van der Waals surface area contributed by atoms with E-state index in [-0.39, 0.29) is 0 Å². The number of rotatable bonds is 2. The van der Waals surface area contributed by atoms with Crippen LogP contribution in [-0.2, 0) is 12.8 Å². The molecule has 0 amide bonds. The SMILES string of the molecule is c1ccc(NC2Cc3ccccc3C2)nc1. The average Bonchev–Trinajstić information content (AvgIpc) is 2.72. The lowest BCUT2D eigenvalue weighted by Gasteiger charge is -2.11. The van der Waals surface area contributed by atoms with Crippen molar-refractivity contribution in [1.82, 2.24) is 4.98 Å². The minimum Gasteiger partial charge on any atom is -0.367 e. The number of aromatic nitrogens is 1. The maximum atomic E-state index is 4.29. The zero-order chi connectivity index (χ0) is 10.8. The molecule has 1 aromatic heterocycles. The first-order valence-corrected chi connectivity index (χ1v) is 5.66. The molecule has 1 aromatic carbocycles. The Morgan fingerprint density at radius 2 is 1.62 bits per heavy atom. The molecule has 0 unspecified atom stereocenters. The van der Waals surface area contributed by atoms with Gasteiger partial charge in [0, 0.05) is 12.2 Å². The minimum absolute atomic E-state index is 0.493. The molecule has 0 spiro atoms. The van der Waals surface area contributed by atoms with E-state index in [4.69, 9.17) is 0 Å². The summed E-state index contributed by atoms with van der Waals surface area (Å²) in [6.07, 6.45) is 4.03. The van der Waals surface area contributed by atoms with Crippen molar-refractivity contribution < 1.29 is 0 Å². The average molecular weight is 210 g/mol. The molecule has 1 aliphatic carbocycles. The fourth-order valence-electron chi connectivity index (χ4n) is 2.32. The number of nitrogens with one attached hydrogen (secondary N) is 1. The molecule has 2 aromatic rings. The lowest BCUT2D eigenvalue weighted by Crippen LogP contribution is -2.19. The number of nitrogens with zero attached hydrogens (tertiary/aromatic N) is 1. The zero-order valence-electron chi connectivity index (χ0n) is 9.06. The summed E-state index contributed by atoms with van der Waals surface area (Å²) in [6, 6.07) is 15.1. The second-order valence-electron chi connectivity index (χ2n) is 4.23. The molecular weight excluding hydrogens is 196 g/mol. The van der Waals surface area contributed by atoms with Gasteiger partial charge in [-0.05, 0) is 36.1 Å². The number of pyridine rings is 1. The summed E-state index contributed by atoms with van der Waals surface area (Å²) >= 11 is 0. The zero-order valence-corrected chi connectivity index (χ0v) is 9.06. The minimum atomic E-state index is 0.493. The van der Waals surface area contributed by atoms with Crippen molar-refractivity contribution >= 4 is 5.82 Å². The molecule has 0 bridgehead atoms. The van der Waals surface area contributed by atoms with E-state index in [1.165, 1.54) is 11.1 Å². The van der Waals surface area contributed by atoms with Gasteiger partial charge >= 0.3 is 0 Å². The number of hydrogen-bond donors (Lipinski definition) is 1. The number of fused-ring (bicyclic) bond motifs is 1. The highest BCUT2D eigenvalue weighted by atomic mass is 15.0. The molecule has 1 heterocycles. The van der Waals surface area contributed by atoms with Gasteiger partial charge in [0.1, 0.15) is 5.82 Å². The third-order valence-corrected chi connectivity index (χ3v) is 3.07. The van der Waals surface area contributed by atoms with Crippen LogP contribution in [0, 0.1) is 0 Å². The van der Waals surface area contributed by atoms with Crippen LogP contribution in [0.5, 0.6) is 0 Å². The summed E-state index contributed by atoms with van der Waals surface area (Å²) in [6.45, 7) is 0. The summed E-state index contributed by atoms with van der Waals surface area (Å²) in [4.78, 5) is 4.29. The fourth-order valence-corrected chi connectivity index (χ4v) is 2.32. The van der Waals surface area contributed by atoms with Crippen molar-refractivity contribution in [2.24, 2.45) is 0 Å². The molecule has 0 radical (unpaired) electrons. The summed E-state index contributed by atoms with van der Waals surface area (Å²) in [5.41, 5.74) is 2.94. The molecule has 16 heavy (non-hydrogen) atoms. The van der Waals surface area contributed by atoms with Gasteiger partial charge in [-0.2, -0.15) is 0 Å². The van der Waals surface area contributed by atoms with Gasteiger partial charge in [-0.1, -0.05) is 30.3 Å². The highest BCUT2D eigenvalue weighted by molar-refractivity contribution is 5.40. The molecule has 0 fully saturated rings. The van der Waals surface area contributed by atoms with E-state index in [0.29, 0.717) is 6.04 Å². The second-order valence-corrected chi connectivity index (χ2v) is 4.23. The topological polar surface area (TPSA) is 24.9 Å². The molecule has 0 saturated heterocycles. The highest BCUT2D eigenvalue weighted by Gasteiger charge is 2.20. The predicted octanol–water partition coefficient (Wildman–Crippen LogP) is 2.66. The van der Waals surface area contributed by atoms with Crippen molar-refractivity contribution in [1.29, 1.82) is 0 Å². The van der Waals surface area contributed by atoms with Crippen molar-refractivity contribution in [2.75, 3.05) is 5.32 Å². The van der Waals surface area contributed by atoms with Gasteiger partial charge in [0.15, 0.2) is 0 Å². The largest absolute Gasteiger partial charge is 0.367 e. The summed E-state index contributed by atoms with van der Waals surface area (Å²) in [7, 11) is 0. The first kappa shape index (κ1) is 9.40. The number of benzene rings is 1. The van der Waals surface area contributed by atoms with Crippen LogP contribution in [0.4, 0.5) is 5.82 Å². The molecule has 1 N–H and O–H groups in total. The molecule has 0 saturated carbocycles. The summed E-state index contributed by atoms with van der Waals surface area (Å²) in [5, 5.41) is 3.48. The van der Waals surface area contributed by atoms with Gasteiger partial charge in [-0.15, -0.1) is 0 Å². The summed E-state index contributed by atoms with van der Waals surface area (Å²) in [5.74, 6) is 0.973. The Kier molecular flexibility index (Phi) is 2.33. The summed E-state index contributed by atoms with van der Waals surface area (Å²) < 4.78 is 0. The van der Waals surface area contributed by atoms with Crippen molar-refractivity contribution in [2.45, 2.75) is 18.9 Å². The quantitative estimate of drug-likeness (QED) is 0.824. The van der Waals surface area contributed by atoms with Crippen LogP contribution in [0.25, 0.3) is 0 Å². The third kappa shape index (κ3) is 1.78. The van der Waals surface area contributed by atoms with Crippen LogP contribution < -0.4 is 5.32 Å². The van der Waals surface area contributed by atoms with Crippen molar-refractivity contribution in [3.63, 3.8) is 0 Å². The van der Waals surface area contributed by atoms with Gasteiger partial charge < -0.3 is 5.32 Å². The smallest absolute Gasteiger partial charge is 0.126 e. The molecule has 0 aliphatic heterocycles. The fraction of sp³-hybridized carbons (Fsp3) is 0.214. The van der Waals surface area contributed by atoms with Gasteiger partial charge in [-0.25, -0.2) is 4.98 Å². The normalized spacial score (nSPS) is 14.8. The molecule has 2 heteroatoms. The van der Waals surface area contributed by atoms with Crippen molar-refractivity contribution in [3.8, 4) is 0 Å². The van der Waals surface area contributed by atoms with Crippen LogP contribution >= 0.6 is 0 Å². The maximum absolute atomic E-state index is 4.29. The predicted molar refractivity (Wildman–Crippen MR) is 65.5 cm³/mol. The number of anilines is 1. The van der Waals surface area contributed by atoms with E-state index < -0.39 is 0 Å². The van der Waals surface area contributed by atoms with Crippen LogP contribution in [-0.4, -0.2) is 11.0 Å². The van der Waals surface area contributed by atoms with E-state index in [1.54, 1.807) is 0 Å². The lowest BCUT2D eigenvalue weighted by atomic mass is 10.1. The Morgan fingerprint density at radius 1 is 0.938 bits per heavy atom. The van der Waals surface area contributed by atoms with E-state index >= 15 is 0 Å². The monoisotopic (exact) mass is 210 g/mol. The Balaban J connectivity index is 1.73. The molecular formula is C14H14N2.